The third-order valence-electron chi connectivity index (χ3n) is 2.79. The van der Waals surface area contributed by atoms with Crippen molar-refractivity contribution in [3.63, 3.8) is 0 Å². The Bertz CT molecular complexity index is 174. The van der Waals surface area contributed by atoms with E-state index in [1.807, 2.05) is 13.8 Å². The van der Waals surface area contributed by atoms with Crippen molar-refractivity contribution < 1.29 is 4.79 Å². The SMILES string of the molecule is CC(C)C(=O)C(N)C1CCNCC1. The lowest BCUT2D eigenvalue weighted by molar-refractivity contribution is -0.124. The first kappa shape index (κ1) is 10.7. The summed E-state index contributed by atoms with van der Waals surface area (Å²) < 4.78 is 0. The number of carbonyl (C=O) groups is 1. The van der Waals surface area contributed by atoms with E-state index in [0.717, 1.165) is 25.9 Å². The first-order valence-corrected chi connectivity index (χ1v) is 5.13. The van der Waals surface area contributed by atoms with Crippen LogP contribution in [0.3, 0.4) is 0 Å². The summed E-state index contributed by atoms with van der Waals surface area (Å²) in [5.41, 5.74) is 5.92. The second kappa shape index (κ2) is 4.72. The van der Waals surface area contributed by atoms with Crippen LogP contribution in [0.4, 0.5) is 0 Å². The summed E-state index contributed by atoms with van der Waals surface area (Å²) in [6.45, 7) is 5.85. The van der Waals surface area contributed by atoms with Gasteiger partial charge >= 0.3 is 0 Å². The second-order valence-corrected chi connectivity index (χ2v) is 4.17. The largest absolute Gasteiger partial charge is 0.321 e. The van der Waals surface area contributed by atoms with Gasteiger partial charge in [-0.2, -0.15) is 0 Å². The molecule has 3 nitrogen and oxygen atoms in total. The van der Waals surface area contributed by atoms with Gasteiger partial charge < -0.3 is 11.1 Å². The average Bonchev–Trinajstić information content (AvgIpc) is 2.17. The number of hydrogen-bond donors (Lipinski definition) is 2. The van der Waals surface area contributed by atoms with E-state index < -0.39 is 0 Å². The van der Waals surface area contributed by atoms with Gasteiger partial charge in [0.2, 0.25) is 0 Å². The Morgan fingerprint density at radius 2 is 1.92 bits per heavy atom. The fourth-order valence-corrected chi connectivity index (χ4v) is 1.82. The number of carbonyl (C=O) groups excluding carboxylic acids is 1. The van der Waals surface area contributed by atoms with Gasteiger partial charge in [-0.1, -0.05) is 13.8 Å². The molecular weight excluding hydrogens is 164 g/mol. The molecule has 0 radical (unpaired) electrons. The molecule has 13 heavy (non-hydrogen) atoms. The van der Waals surface area contributed by atoms with Gasteiger partial charge in [0, 0.05) is 5.92 Å². The zero-order chi connectivity index (χ0) is 9.84. The third kappa shape index (κ3) is 2.78. The minimum atomic E-state index is -0.234. The maximum Gasteiger partial charge on any atom is 0.152 e. The van der Waals surface area contributed by atoms with Crippen LogP contribution in [0.1, 0.15) is 26.7 Å². The smallest absolute Gasteiger partial charge is 0.152 e. The van der Waals surface area contributed by atoms with Crippen LogP contribution in [0, 0.1) is 11.8 Å². The van der Waals surface area contributed by atoms with Crippen LogP contribution in [0.2, 0.25) is 0 Å². The number of ketones is 1. The molecule has 76 valence electrons. The van der Waals surface area contributed by atoms with E-state index in [1.54, 1.807) is 0 Å². The quantitative estimate of drug-likeness (QED) is 0.673. The van der Waals surface area contributed by atoms with Crippen molar-refractivity contribution >= 4 is 5.78 Å². The predicted octanol–water partition coefficient (Wildman–Crippen LogP) is 0.538. The summed E-state index contributed by atoms with van der Waals surface area (Å²) in [5.74, 6) is 0.688. The summed E-state index contributed by atoms with van der Waals surface area (Å²) in [7, 11) is 0. The number of Topliss-reactive ketones (excluding diaryl/α,β-unsaturated/α-hetero) is 1. The molecule has 1 aliphatic rings. The van der Waals surface area contributed by atoms with Gasteiger partial charge in [0.15, 0.2) is 5.78 Å². The van der Waals surface area contributed by atoms with Crippen molar-refractivity contribution in [2.45, 2.75) is 32.7 Å². The van der Waals surface area contributed by atoms with Crippen molar-refractivity contribution in [2.75, 3.05) is 13.1 Å². The molecule has 1 unspecified atom stereocenters. The highest BCUT2D eigenvalue weighted by atomic mass is 16.1. The van der Waals surface area contributed by atoms with Gasteiger partial charge in [-0.05, 0) is 31.8 Å². The minimum absolute atomic E-state index is 0.0740. The van der Waals surface area contributed by atoms with Crippen molar-refractivity contribution in [3.05, 3.63) is 0 Å². The molecule has 1 fully saturated rings. The maximum absolute atomic E-state index is 11.6. The number of hydrogen-bond acceptors (Lipinski definition) is 3. The summed E-state index contributed by atoms with van der Waals surface area (Å²) >= 11 is 0. The van der Waals surface area contributed by atoms with Crippen LogP contribution >= 0.6 is 0 Å². The van der Waals surface area contributed by atoms with E-state index in [0.29, 0.717) is 5.92 Å². The normalized spacial score (nSPS) is 21.8. The lowest BCUT2D eigenvalue weighted by Gasteiger charge is -2.28. The topological polar surface area (TPSA) is 55.1 Å². The number of piperidine rings is 1. The van der Waals surface area contributed by atoms with Crippen LogP contribution in [-0.4, -0.2) is 24.9 Å². The van der Waals surface area contributed by atoms with Gasteiger partial charge in [-0.3, -0.25) is 4.79 Å². The molecule has 1 aliphatic heterocycles. The van der Waals surface area contributed by atoms with Crippen LogP contribution in [0.15, 0.2) is 0 Å². The Hall–Kier alpha value is -0.410. The lowest BCUT2D eigenvalue weighted by Crippen LogP contribution is -2.44. The monoisotopic (exact) mass is 184 g/mol. The van der Waals surface area contributed by atoms with Crippen molar-refractivity contribution in [2.24, 2.45) is 17.6 Å². The molecule has 0 aromatic carbocycles. The van der Waals surface area contributed by atoms with E-state index in [2.05, 4.69) is 5.32 Å². The zero-order valence-corrected chi connectivity index (χ0v) is 8.55. The zero-order valence-electron chi connectivity index (χ0n) is 8.55. The van der Waals surface area contributed by atoms with Crippen LogP contribution in [-0.2, 0) is 4.79 Å². The Kier molecular flexibility index (Phi) is 3.88. The van der Waals surface area contributed by atoms with Crippen LogP contribution in [0.5, 0.6) is 0 Å². The summed E-state index contributed by atoms with van der Waals surface area (Å²) in [5, 5.41) is 3.27. The van der Waals surface area contributed by atoms with Gasteiger partial charge in [0.1, 0.15) is 0 Å². The Morgan fingerprint density at radius 3 is 2.38 bits per heavy atom. The van der Waals surface area contributed by atoms with Crippen LogP contribution < -0.4 is 11.1 Å². The van der Waals surface area contributed by atoms with E-state index >= 15 is 0 Å². The maximum atomic E-state index is 11.6. The molecule has 0 aliphatic carbocycles. The molecule has 0 spiro atoms. The second-order valence-electron chi connectivity index (χ2n) is 4.17. The number of rotatable bonds is 3. The number of nitrogens with two attached hydrogens (primary N) is 1. The van der Waals surface area contributed by atoms with Gasteiger partial charge in [0.05, 0.1) is 6.04 Å². The fraction of sp³-hybridized carbons (Fsp3) is 0.900. The first-order valence-electron chi connectivity index (χ1n) is 5.13. The van der Waals surface area contributed by atoms with Gasteiger partial charge in [0.25, 0.3) is 0 Å². The predicted molar refractivity (Wildman–Crippen MR) is 53.4 cm³/mol. The van der Waals surface area contributed by atoms with E-state index in [-0.39, 0.29) is 17.7 Å². The molecular formula is C10H20N2O. The molecule has 1 rings (SSSR count). The Morgan fingerprint density at radius 1 is 1.38 bits per heavy atom. The summed E-state index contributed by atoms with van der Waals surface area (Å²) in [6.07, 6.45) is 2.08. The molecule has 1 saturated heterocycles. The standard InChI is InChI=1S/C10H20N2O/c1-7(2)10(13)9(11)8-3-5-12-6-4-8/h7-9,12H,3-6,11H2,1-2H3. The molecule has 1 heterocycles. The molecule has 0 amide bonds. The van der Waals surface area contributed by atoms with Crippen molar-refractivity contribution in [1.82, 2.24) is 5.32 Å². The highest BCUT2D eigenvalue weighted by Crippen LogP contribution is 2.17. The van der Waals surface area contributed by atoms with E-state index in [4.69, 9.17) is 5.73 Å². The molecule has 0 aromatic heterocycles. The Labute approximate surface area is 80.1 Å². The minimum Gasteiger partial charge on any atom is -0.321 e. The van der Waals surface area contributed by atoms with E-state index in [9.17, 15) is 4.79 Å². The van der Waals surface area contributed by atoms with Crippen molar-refractivity contribution in [1.29, 1.82) is 0 Å². The molecule has 0 bridgehead atoms. The molecule has 1 atom stereocenters. The molecule has 3 N–H and O–H groups in total. The number of nitrogens with one attached hydrogen (secondary N) is 1. The lowest BCUT2D eigenvalue weighted by atomic mass is 9.85. The molecule has 0 aromatic rings. The third-order valence-corrected chi connectivity index (χ3v) is 2.79. The van der Waals surface area contributed by atoms with Crippen LogP contribution in [0.25, 0.3) is 0 Å². The highest BCUT2D eigenvalue weighted by Gasteiger charge is 2.27. The highest BCUT2D eigenvalue weighted by molar-refractivity contribution is 5.85. The summed E-state index contributed by atoms with van der Waals surface area (Å²) in [4.78, 5) is 11.6. The fourth-order valence-electron chi connectivity index (χ4n) is 1.82. The van der Waals surface area contributed by atoms with E-state index in [1.165, 1.54) is 0 Å². The molecule has 0 saturated carbocycles. The summed E-state index contributed by atoms with van der Waals surface area (Å²) in [6, 6.07) is -0.234. The van der Waals surface area contributed by atoms with Gasteiger partial charge in [-0.15, -0.1) is 0 Å². The Balaban J connectivity index is 2.45. The molecule has 3 heteroatoms. The average molecular weight is 184 g/mol. The van der Waals surface area contributed by atoms with Crippen molar-refractivity contribution in [3.8, 4) is 0 Å². The first-order chi connectivity index (χ1) is 6.13. The van der Waals surface area contributed by atoms with Gasteiger partial charge in [-0.25, -0.2) is 0 Å².